The fraction of sp³-hybridized carbons (Fsp3) is 0.250. The van der Waals surface area contributed by atoms with Gasteiger partial charge >= 0.3 is 0 Å². The molecule has 7 heteroatoms. The Bertz CT molecular complexity index is 595. The van der Waals surface area contributed by atoms with E-state index in [0.29, 0.717) is 18.2 Å². The molecule has 0 saturated heterocycles. The standard InChI is InChI=1S/C12H14N4O3/c1-18-9-4-3-8(5-13-9)6-14-11-10(19-2)12(17)16-7-15-11/h3-5,7H,6H2,1-2H3,(H2,14,15,16,17). The van der Waals surface area contributed by atoms with Gasteiger partial charge in [-0.2, -0.15) is 0 Å². The SMILES string of the molecule is COc1ccc(CNc2nc[nH]c(=O)c2OC)cn1. The molecule has 0 atom stereocenters. The lowest BCUT2D eigenvalue weighted by Crippen LogP contribution is -2.14. The van der Waals surface area contributed by atoms with E-state index in [1.165, 1.54) is 13.4 Å². The average Bonchev–Trinajstić information content (AvgIpc) is 2.45. The van der Waals surface area contributed by atoms with E-state index in [1.807, 2.05) is 6.07 Å². The van der Waals surface area contributed by atoms with Gasteiger partial charge in [0, 0.05) is 18.8 Å². The van der Waals surface area contributed by atoms with Crippen LogP contribution in [0.3, 0.4) is 0 Å². The van der Waals surface area contributed by atoms with Crippen molar-refractivity contribution in [2.24, 2.45) is 0 Å². The third-order valence-corrected chi connectivity index (χ3v) is 2.48. The molecule has 0 bridgehead atoms. The molecule has 0 unspecified atom stereocenters. The second-order valence-electron chi connectivity index (χ2n) is 3.68. The molecule has 0 amide bonds. The minimum Gasteiger partial charge on any atom is -0.489 e. The van der Waals surface area contributed by atoms with Crippen molar-refractivity contribution in [2.45, 2.75) is 6.54 Å². The molecule has 2 aromatic heterocycles. The van der Waals surface area contributed by atoms with Gasteiger partial charge < -0.3 is 19.8 Å². The number of methoxy groups -OCH3 is 2. The van der Waals surface area contributed by atoms with E-state index >= 15 is 0 Å². The molecule has 0 fully saturated rings. The Labute approximate surface area is 109 Å². The number of hydrogen-bond acceptors (Lipinski definition) is 6. The maximum atomic E-state index is 11.5. The second kappa shape index (κ2) is 5.85. The summed E-state index contributed by atoms with van der Waals surface area (Å²) < 4.78 is 9.97. The Morgan fingerprint density at radius 3 is 2.74 bits per heavy atom. The van der Waals surface area contributed by atoms with Gasteiger partial charge in [0.15, 0.2) is 5.82 Å². The normalized spacial score (nSPS) is 10.0. The number of pyridine rings is 1. The summed E-state index contributed by atoms with van der Waals surface area (Å²) in [6.45, 7) is 0.476. The van der Waals surface area contributed by atoms with Crippen LogP contribution in [0, 0.1) is 0 Å². The molecule has 0 radical (unpaired) electrons. The van der Waals surface area contributed by atoms with Gasteiger partial charge in [-0.15, -0.1) is 0 Å². The van der Waals surface area contributed by atoms with E-state index in [1.54, 1.807) is 19.4 Å². The molecule has 0 aliphatic rings. The number of anilines is 1. The molecule has 2 N–H and O–H groups in total. The molecular weight excluding hydrogens is 248 g/mol. The van der Waals surface area contributed by atoms with Gasteiger partial charge in [0.05, 0.1) is 20.5 Å². The first-order chi connectivity index (χ1) is 9.24. The first-order valence-corrected chi connectivity index (χ1v) is 5.59. The summed E-state index contributed by atoms with van der Waals surface area (Å²) in [7, 11) is 2.98. The highest BCUT2D eigenvalue weighted by atomic mass is 16.5. The van der Waals surface area contributed by atoms with E-state index in [0.717, 1.165) is 5.56 Å². The summed E-state index contributed by atoms with van der Waals surface area (Å²) in [6.07, 6.45) is 3.00. The Morgan fingerprint density at radius 1 is 1.26 bits per heavy atom. The molecule has 2 aromatic rings. The number of H-pyrrole nitrogens is 1. The van der Waals surface area contributed by atoms with Crippen molar-refractivity contribution in [1.82, 2.24) is 15.0 Å². The van der Waals surface area contributed by atoms with Crippen molar-refractivity contribution in [3.8, 4) is 11.6 Å². The van der Waals surface area contributed by atoms with Crippen molar-refractivity contribution in [3.05, 3.63) is 40.6 Å². The Hall–Kier alpha value is -2.57. The Morgan fingerprint density at radius 2 is 2.11 bits per heavy atom. The monoisotopic (exact) mass is 262 g/mol. The average molecular weight is 262 g/mol. The van der Waals surface area contributed by atoms with Gasteiger partial charge in [0.1, 0.15) is 0 Å². The third-order valence-electron chi connectivity index (χ3n) is 2.48. The van der Waals surface area contributed by atoms with E-state index in [9.17, 15) is 4.79 Å². The highest BCUT2D eigenvalue weighted by molar-refractivity contribution is 5.48. The van der Waals surface area contributed by atoms with E-state index < -0.39 is 0 Å². The first-order valence-electron chi connectivity index (χ1n) is 5.59. The molecule has 100 valence electrons. The maximum Gasteiger partial charge on any atom is 0.295 e. The predicted octanol–water partition coefficient (Wildman–Crippen LogP) is 0.794. The van der Waals surface area contributed by atoms with Gasteiger partial charge in [-0.05, 0) is 5.56 Å². The zero-order chi connectivity index (χ0) is 13.7. The number of nitrogens with zero attached hydrogens (tertiary/aromatic N) is 2. The predicted molar refractivity (Wildman–Crippen MR) is 69.5 cm³/mol. The highest BCUT2D eigenvalue weighted by Gasteiger charge is 2.08. The van der Waals surface area contributed by atoms with Gasteiger partial charge in [0.2, 0.25) is 11.6 Å². The highest BCUT2D eigenvalue weighted by Crippen LogP contribution is 2.15. The molecule has 19 heavy (non-hydrogen) atoms. The molecular formula is C12H14N4O3. The van der Waals surface area contributed by atoms with Crippen LogP contribution in [0.25, 0.3) is 0 Å². The largest absolute Gasteiger partial charge is 0.489 e. The zero-order valence-corrected chi connectivity index (χ0v) is 10.6. The van der Waals surface area contributed by atoms with Gasteiger partial charge in [-0.3, -0.25) is 4.79 Å². The topological polar surface area (TPSA) is 89.1 Å². The van der Waals surface area contributed by atoms with Gasteiger partial charge in [-0.1, -0.05) is 6.07 Å². The molecule has 2 heterocycles. The van der Waals surface area contributed by atoms with Crippen LogP contribution in [0.2, 0.25) is 0 Å². The van der Waals surface area contributed by atoms with Gasteiger partial charge in [0.25, 0.3) is 5.56 Å². The van der Waals surface area contributed by atoms with Crippen LogP contribution in [0.4, 0.5) is 5.82 Å². The molecule has 0 aromatic carbocycles. The number of nitrogens with one attached hydrogen (secondary N) is 2. The van der Waals surface area contributed by atoms with E-state index in [-0.39, 0.29) is 11.3 Å². The van der Waals surface area contributed by atoms with Crippen LogP contribution in [0.5, 0.6) is 11.6 Å². The molecule has 0 saturated carbocycles. The summed E-state index contributed by atoms with van der Waals surface area (Å²) in [4.78, 5) is 22.0. The number of aromatic nitrogens is 3. The van der Waals surface area contributed by atoms with Crippen molar-refractivity contribution in [3.63, 3.8) is 0 Å². The van der Waals surface area contributed by atoms with Gasteiger partial charge in [-0.25, -0.2) is 9.97 Å². The molecule has 7 nitrogen and oxygen atoms in total. The summed E-state index contributed by atoms with van der Waals surface area (Å²) in [5, 5.41) is 3.02. The quantitative estimate of drug-likeness (QED) is 0.828. The van der Waals surface area contributed by atoms with Crippen molar-refractivity contribution < 1.29 is 9.47 Å². The van der Waals surface area contributed by atoms with Crippen LogP contribution >= 0.6 is 0 Å². The maximum absolute atomic E-state index is 11.5. The number of ether oxygens (including phenoxy) is 2. The Balaban J connectivity index is 2.09. The van der Waals surface area contributed by atoms with Crippen LogP contribution < -0.4 is 20.3 Å². The van der Waals surface area contributed by atoms with Crippen LogP contribution in [0.1, 0.15) is 5.56 Å². The van der Waals surface area contributed by atoms with Crippen LogP contribution in [-0.4, -0.2) is 29.2 Å². The summed E-state index contributed by atoms with van der Waals surface area (Å²) in [5.41, 5.74) is 0.609. The summed E-state index contributed by atoms with van der Waals surface area (Å²) in [5.74, 6) is 1.10. The van der Waals surface area contributed by atoms with E-state index in [4.69, 9.17) is 9.47 Å². The van der Waals surface area contributed by atoms with Crippen molar-refractivity contribution in [1.29, 1.82) is 0 Å². The second-order valence-corrected chi connectivity index (χ2v) is 3.68. The fourth-order valence-electron chi connectivity index (χ4n) is 1.52. The lowest BCUT2D eigenvalue weighted by molar-refractivity contribution is 0.397. The fourth-order valence-corrected chi connectivity index (χ4v) is 1.52. The lowest BCUT2D eigenvalue weighted by Gasteiger charge is -2.08. The molecule has 0 aliphatic carbocycles. The summed E-state index contributed by atoms with van der Waals surface area (Å²) >= 11 is 0. The number of rotatable bonds is 5. The minimum absolute atomic E-state index is 0.156. The first kappa shape index (κ1) is 12.9. The molecule has 0 aliphatic heterocycles. The van der Waals surface area contributed by atoms with E-state index in [2.05, 4.69) is 20.3 Å². The number of hydrogen-bond donors (Lipinski definition) is 2. The third kappa shape index (κ3) is 3.01. The molecule has 2 rings (SSSR count). The van der Waals surface area contributed by atoms with Crippen molar-refractivity contribution in [2.75, 3.05) is 19.5 Å². The molecule has 0 spiro atoms. The lowest BCUT2D eigenvalue weighted by atomic mass is 10.3. The summed E-state index contributed by atoms with van der Waals surface area (Å²) in [6, 6.07) is 3.64. The Kier molecular flexibility index (Phi) is 3.97. The zero-order valence-electron chi connectivity index (χ0n) is 10.6. The minimum atomic E-state index is -0.326. The number of aromatic amines is 1. The van der Waals surface area contributed by atoms with Crippen molar-refractivity contribution >= 4 is 5.82 Å². The smallest absolute Gasteiger partial charge is 0.295 e. The van der Waals surface area contributed by atoms with Crippen LogP contribution in [-0.2, 0) is 6.54 Å². The van der Waals surface area contributed by atoms with Crippen LogP contribution in [0.15, 0.2) is 29.5 Å².